The van der Waals surface area contributed by atoms with Gasteiger partial charge in [0.15, 0.2) is 0 Å². The van der Waals surface area contributed by atoms with Gasteiger partial charge in [0.25, 0.3) is 10.1 Å². The predicted molar refractivity (Wildman–Crippen MR) is 399 cm³/mol. The van der Waals surface area contributed by atoms with Gasteiger partial charge in [-0.3, -0.25) is 33.0 Å². The molecule has 16 bridgehead atoms. The highest BCUT2D eigenvalue weighted by atomic mass is 32.2. The van der Waals surface area contributed by atoms with Gasteiger partial charge in [-0.05, 0) is 261 Å². The molecule has 9 heterocycles. The van der Waals surface area contributed by atoms with Crippen LogP contribution in [0.2, 0.25) is 0 Å². The minimum Gasteiger partial charge on any atom is -0.466 e. The van der Waals surface area contributed by atoms with Gasteiger partial charge in [0.1, 0.15) is 22.0 Å². The van der Waals surface area contributed by atoms with E-state index in [1.165, 1.54) is 89.9 Å². The Morgan fingerprint density at radius 1 is 0.382 bits per heavy atom. The van der Waals surface area contributed by atoms with Crippen molar-refractivity contribution < 1.29 is 78.2 Å². The Bertz CT molecular complexity index is 2810. The van der Waals surface area contributed by atoms with Gasteiger partial charge in [0.2, 0.25) is 0 Å². The summed E-state index contributed by atoms with van der Waals surface area (Å²) in [7, 11) is -5.59. The zero-order chi connectivity index (χ0) is 75.0. The summed E-state index contributed by atoms with van der Waals surface area (Å²) < 4.78 is 76.4. The van der Waals surface area contributed by atoms with Crippen molar-refractivity contribution in [2.75, 3.05) is 50.3 Å². The largest absolute Gasteiger partial charge is 0.466 e. The minimum atomic E-state index is -3.05. The van der Waals surface area contributed by atoms with Crippen LogP contribution in [0.15, 0.2) is 0 Å². The number of sulfone groups is 1. The molecular formula is C83H142O17S2. The molecule has 0 N–H and O–H groups in total. The number of carbonyl (C=O) groups excluding carboxylic acids is 6. The quantitative estimate of drug-likeness (QED) is 0.0948. The number of carbonyl (C=O) groups is 6. The van der Waals surface area contributed by atoms with Crippen molar-refractivity contribution in [3.63, 3.8) is 0 Å². The van der Waals surface area contributed by atoms with E-state index in [0.29, 0.717) is 97.6 Å². The van der Waals surface area contributed by atoms with Crippen LogP contribution < -0.4 is 0 Å². The van der Waals surface area contributed by atoms with Crippen LogP contribution >= 0.6 is 0 Å². The first-order valence-electron chi connectivity index (χ1n) is 42.6. The summed E-state index contributed by atoms with van der Waals surface area (Å²) in [6, 6.07) is 0. The van der Waals surface area contributed by atoms with Gasteiger partial charge in [-0.2, -0.15) is 8.42 Å². The lowest BCUT2D eigenvalue weighted by Gasteiger charge is -2.42. The Balaban J connectivity index is 0.000000162. The van der Waals surface area contributed by atoms with Crippen molar-refractivity contribution in [1.29, 1.82) is 0 Å². The van der Waals surface area contributed by atoms with E-state index in [1.54, 1.807) is 0 Å². The maximum atomic E-state index is 12.2. The van der Waals surface area contributed by atoms with Gasteiger partial charge >= 0.3 is 35.8 Å². The van der Waals surface area contributed by atoms with Crippen LogP contribution in [0.1, 0.15) is 278 Å². The smallest absolute Gasteiger partial charge is 0.312 e. The molecule has 25 unspecified atom stereocenters. The molecule has 19 heteroatoms. The maximum Gasteiger partial charge on any atom is 0.312 e. The molecule has 0 radical (unpaired) electrons. The molecule has 23 rings (SSSR count). The number of rotatable bonds is 0. The van der Waals surface area contributed by atoms with Crippen molar-refractivity contribution in [3.05, 3.63) is 0 Å². The number of esters is 6. The number of cyclic esters (lactones) is 4. The average molecular weight is 1480 g/mol. The van der Waals surface area contributed by atoms with E-state index in [0.717, 1.165) is 166 Å². The molecule has 588 valence electrons. The minimum absolute atomic E-state index is 0.00366. The van der Waals surface area contributed by atoms with E-state index in [2.05, 4.69) is 8.92 Å². The molecule has 14 saturated carbocycles. The Labute approximate surface area is 618 Å². The predicted octanol–water partition coefficient (Wildman–Crippen LogP) is 17.1. The number of ether oxygens (including phenoxy) is 6. The zero-order valence-corrected chi connectivity index (χ0v) is 67.9. The number of hydrogen-bond donors (Lipinski definition) is 0. The fraction of sp³-hybridized carbons (Fsp3) is 0.928. The van der Waals surface area contributed by atoms with Gasteiger partial charge < -0.3 is 28.4 Å². The molecule has 0 aromatic carbocycles. The van der Waals surface area contributed by atoms with Gasteiger partial charge in [0.05, 0.1) is 79.4 Å². The SMILES string of the molecule is CC.CC.CC.CC.CC.CC.CC.CC.O=C1CCCO1.O=C1OC2CC3CC(C2)CC1C3.O=C1OC2CC3CC1C2C3.O=C1OCC2C3CC(C12)C1C2CCC(C2)C31.O=C1OCC2C3CCC(C3)C12.O=C1OCCC12CC1CC2C2C3CCC(C3)C12.O=S1(=O)CCCC1.O=S1(=O)CCCO1. The third-order valence-electron chi connectivity index (χ3n) is 27.4. The van der Waals surface area contributed by atoms with Crippen LogP contribution in [-0.4, -0.2) is 115 Å². The van der Waals surface area contributed by atoms with Crippen molar-refractivity contribution in [2.45, 2.75) is 290 Å². The Morgan fingerprint density at radius 2 is 0.931 bits per heavy atom. The average Bonchev–Trinajstić information content (AvgIpc) is 1.53. The van der Waals surface area contributed by atoms with Gasteiger partial charge in [-0.1, -0.05) is 111 Å². The molecule has 17 nitrogen and oxygen atoms in total. The first-order valence-corrected chi connectivity index (χ1v) is 46.0. The number of fused-ring (bicyclic) bond motifs is 29. The van der Waals surface area contributed by atoms with Crippen LogP contribution in [0, 0.1) is 147 Å². The molecular weight excluding hydrogens is 1330 g/mol. The van der Waals surface area contributed by atoms with E-state index < -0.39 is 20.0 Å². The molecule has 0 aromatic rings. The summed E-state index contributed by atoms with van der Waals surface area (Å²) in [5, 5.41) is 0. The topological polar surface area (TPSA) is 235 Å². The fourth-order valence-corrected chi connectivity index (χ4v) is 27.1. The summed E-state index contributed by atoms with van der Waals surface area (Å²) in [4.78, 5) is 67.7. The molecule has 9 saturated heterocycles. The normalized spacial score (nSPS) is 43.3. The first-order chi connectivity index (χ1) is 49.5. The van der Waals surface area contributed by atoms with Crippen molar-refractivity contribution in [3.8, 4) is 0 Å². The van der Waals surface area contributed by atoms with E-state index in [-0.39, 0.29) is 59.0 Å². The second kappa shape index (κ2) is 39.7. The Hall–Kier alpha value is -3.32. The van der Waals surface area contributed by atoms with Crippen LogP contribution in [0.25, 0.3) is 0 Å². The lowest BCUT2D eigenvalue weighted by atomic mass is 9.60. The molecule has 25 atom stereocenters. The molecule has 23 fully saturated rings. The Morgan fingerprint density at radius 3 is 1.41 bits per heavy atom. The number of hydrogen-bond acceptors (Lipinski definition) is 17. The van der Waals surface area contributed by atoms with E-state index in [9.17, 15) is 45.6 Å². The summed E-state index contributed by atoms with van der Waals surface area (Å²) in [5.41, 5.74) is -0.00366. The van der Waals surface area contributed by atoms with E-state index in [4.69, 9.17) is 23.7 Å². The van der Waals surface area contributed by atoms with Gasteiger partial charge in [-0.25, -0.2) is 8.42 Å². The Kier molecular flexibility index (Phi) is 33.4. The van der Waals surface area contributed by atoms with Crippen molar-refractivity contribution in [1.82, 2.24) is 0 Å². The molecule has 102 heavy (non-hydrogen) atoms. The highest BCUT2D eigenvalue weighted by molar-refractivity contribution is 7.91. The van der Waals surface area contributed by atoms with Crippen LogP contribution in [0.4, 0.5) is 0 Å². The lowest BCUT2D eigenvalue weighted by molar-refractivity contribution is -0.152. The van der Waals surface area contributed by atoms with Crippen LogP contribution in [0.3, 0.4) is 0 Å². The standard InChI is InChI=1S/C15H20O2.C14H18O2.C10H14O2.C9H12O2.C8H10O2.C4H8O2S.C4H6O2.C3H6O3S.8C2H6/c16-14-15(3-4-17-14)7-10-6-11(15)13-9-2-1-8(5-9)12(10)13;15-14-13-9-4-8(10(13)5-16-14)11-6-1-2-7(3-6)12(9)11;11-10-8-2-6-1-7(3-8)5-9(4-6)12-10;10-9-8-6-2-1-5(3-6)7(8)4-11-9;9-8-6-2-4-1-5(6)7(3-4)10-8;5-7(6)3-1-2-4-7;5-4-2-1-3-6-4;4-7(5)3-1-2-6-7;8*1-2/h8-13H,1-7H2;6-13H,1-5H2;6-9H,1-5H2;5-8H,1-4H2;4-7H,1-3H2;1-4H2;1-3H2;1-3H2;8*1-2H3. The molecule has 0 aromatic heterocycles. The third-order valence-corrected chi connectivity index (χ3v) is 30.6. The van der Waals surface area contributed by atoms with Crippen molar-refractivity contribution >= 4 is 55.8 Å². The first kappa shape index (κ1) is 85.9. The lowest BCUT2D eigenvalue weighted by Crippen LogP contribution is -2.42. The zero-order valence-electron chi connectivity index (χ0n) is 66.3. The van der Waals surface area contributed by atoms with Crippen LogP contribution in [0.5, 0.6) is 0 Å². The third kappa shape index (κ3) is 18.5. The molecule has 14 aliphatic carbocycles. The van der Waals surface area contributed by atoms with E-state index >= 15 is 0 Å². The fourth-order valence-electron chi connectivity index (χ4n) is 24.7. The van der Waals surface area contributed by atoms with Gasteiger partial charge in [-0.15, -0.1) is 0 Å². The highest BCUT2D eigenvalue weighted by Gasteiger charge is 2.71. The summed E-state index contributed by atoms with van der Waals surface area (Å²) in [6.45, 7) is 35.2. The van der Waals surface area contributed by atoms with Crippen molar-refractivity contribution in [2.24, 2.45) is 147 Å². The van der Waals surface area contributed by atoms with E-state index in [1.807, 2.05) is 111 Å². The second-order valence-corrected chi connectivity index (χ2v) is 35.5. The van der Waals surface area contributed by atoms with Crippen LogP contribution in [-0.2, 0) is 81.3 Å². The molecule has 0 amide bonds. The molecule has 9 aliphatic heterocycles. The maximum absolute atomic E-state index is 12.2. The molecule has 23 aliphatic rings. The second-order valence-electron chi connectivity index (χ2n) is 31.5. The molecule has 1 spiro atoms. The van der Waals surface area contributed by atoms with Gasteiger partial charge in [0, 0.05) is 24.2 Å². The monoisotopic (exact) mass is 1470 g/mol. The summed E-state index contributed by atoms with van der Waals surface area (Å²) in [5.74, 6) is 19.7. The highest BCUT2D eigenvalue weighted by Crippen LogP contribution is 2.74. The summed E-state index contributed by atoms with van der Waals surface area (Å²) in [6.07, 6.45) is 31.8. The summed E-state index contributed by atoms with van der Waals surface area (Å²) >= 11 is 0.